The van der Waals surface area contributed by atoms with E-state index in [1.807, 2.05) is 18.2 Å². The van der Waals surface area contributed by atoms with E-state index in [2.05, 4.69) is 27.3 Å². The van der Waals surface area contributed by atoms with E-state index in [0.29, 0.717) is 28.3 Å². The molecule has 0 saturated carbocycles. The quantitative estimate of drug-likeness (QED) is 0.232. The van der Waals surface area contributed by atoms with E-state index in [-0.39, 0.29) is 18.4 Å². The first kappa shape index (κ1) is 30.2. The lowest BCUT2D eigenvalue weighted by atomic mass is 10.1. The molecule has 0 spiro atoms. The van der Waals surface area contributed by atoms with Crippen molar-refractivity contribution in [2.45, 2.75) is 37.4 Å². The van der Waals surface area contributed by atoms with Gasteiger partial charge in [0.25, 0.3) is 10.0 Å². The zero-order valence-corrected chi connectivity index (χ0v) is 25.1. The number of anilines is 2. The van der Waals surface area contributed by atoms with Crippen LogP contribution in [-0.2, 0) is 23.1 Å². The van der Waals surface area contributed by atoms with Crippen molar-refractivity contribution in [2.75, 3.05) is 36.9 Å². The number of likely N-dealkylation sites (tertiary alicyclic amines) is 1. The minimum atomic E-state index is -4.50. The van der Waals surface area contributed by atoms with Crippen molar-refractivity contribution in [2.24, 2.45) is 0 Å². The van der Waals surface area contributed by atoms with Crippen molar-refractivity contribution < 1.29 is 26.7 Å². The molecule has 1 unspecified atom stereocenters. The number of benzene rings is 3. The first-order chi connectivity index (χ1) is 20.7. The van der Waals surface area contributed by atoms with Crippen molar-refractivity contribution in [1.82, 2.24) is 9.88 Å². The third-order valence-electron chi connectivity index (χ3n) is 7.50. The van der Waals surface area contributed by atoms with E-state index < -0.39 is 26.6 Å². The van der Waals surface area contributed by atoms with Gasteiger partial charge in [0.05, 0.1) is 27.0 Å². The molecule has 11 heteroatoms. The number of hydrogen-bond donors (Lipinski definition) is 1. The third-order valence-corrected chi connectivity index (χ3v) is 9.27. The maximum atomic E-state index is 15.7. The highest BCUT2D eigenvalue weighted by Gasteiger charge is 2.31. The molecule has 0 aliphatic carbocycles. The molecule has 0 amide bonds. The standard InChI is InChI=1S/C32H34F2N4O4S/c1-22-15-31(28(34)17-29(22)36-26-13-14-37(21-26)19-23-7-5-4-6-8-23)43(39,40)38(32-12-10-25(33)18-35-32)20-24-9-11-27(41-2)16-30(24)42-3/h4-12,15-18,26,36H,13-14,19-21H2,1-3H3. The monoisotopic (exact) mass is 608 g/mol. The number of nitrogens with one attached hydrogen (secondary N) is 1. The summed E-state index contributed by atoms with van der Waals surface area (Å²) in [5, 5.41) is 3.40. The zero-order valence-electron chi connectivity index (χ0n) is 24.3. The Hall–Kier alpha value is -4.22. The molecule has 1 aliphatic heterocycles. The van der Waals surface area contributed by atoms with Crippen LogP contribution in [0.1, 0.15) is 23.1 Å². The van der Waals surface area contributed by atoms with E-state index in [4.69, 9.17) is 9.47 Å². The Kier molecular flexibility index (Phi) is 9.12. The fourth-order valence-corrected chi connectivity index (χ4v) is 6.76. The topological polar surface area (TPSA) is 84.0 Å². The molecule has 1 saturated heterocycles. The van der Waals surface area contributed by atoms with E-state index in [1.54, 1.807) is 25.1 Å². The number of ether oxygens (including phenoxy) is 2. The fourth-order valence-electron chi connectivity index (χ4n) is 5.22. The second-order valence-electron chi connectivity index (χ2n) is 10.5. The van der Waals surface area contributed by atoms with Crippen molar-refractivity contribution in [3.8, 4) is 11.5 Å². The average Bonchev–Trinajstić information content (AvgIpc) is 3.44. The van der Waals surface area contributed by atoms with E-state index in [1.165, 1.54) is 38.0 Å². The Morgan fingerprint density at radius 1 is 1.02 bits per heavy atom. The van der Waals surface area contributed by atoms with E-state index >= 15 is 4.39 Å². The van der Waals surface area contributed by atoms with Gasteiger partial charge in [0.2, 0.25) is 0 Å². The predicted octanol–water partition coefficient (Wildman–Crippen LogP) is 5.77. The Morgan fingerprint density at radius 2 is 1.81 bits per heavy atom. The van der Waals surface area contributed by atoms with Crippen LogP contribution in [0.15, 0.2) is 83.9 Å². The molecule has 0 bridgehead atoms. The fraction of sp³-hybridized carbons (Fsp3) is 0.281. The van der Waals surface area contributed by atoms with Gasteiger partial charge in [-0.3, -0.25) is 4.90 Å². The summed E-state index contributed by atoms with van der Waals surface area (Å²) < 4.78 is 69.2. The number of rotatable bonds is 11. The van der Waals surface area contributed by atoms with Crippen LogP contribution in [0.4, 0.5) is 20.3 Å². The van der Waals surface area contributed by atoms with Crippen LogP contribution in [0.2, 0.25) is 0 Å². The number of halogens is 2. The summed E-state index contributed by atoms with van der Waals surface area (Å²) in [7, 11) is -1.54. The maximum Gasteiger partial charge on any atom is 0.268 e. The highest BCUT2D eigenvalue weighted by molar-refractivity contribution is 7.92. The highest BCUT2D eigenvalue weighted by atomic mass is 32.2. The van der Waals surface area contributed by atoms with Gasteiger partial charge >= 0.3 is 0 Å². The second kappa shape index (κ2) is 13.0. The Morgan fingerprint density at radius 3 is 2.51 bits per heavy atom. The number of hydrogen-bond acceptors (Lipinski definition) is 7. The first-order valence-corrected chi connectivity index (χ1v) is 15.3. The van der Waals surface area contributed by atoms with Crippen molar-refractivity contribution >= 4 is 21.5 Å². The Balaban J connectivity index is 1.41. The van der Waals surface area contributed by atoms with Gasteiger partial charge in [0.15, 0.2) is 0 Å². The van der Waals surface area contributed by atoms with Gasteiger partial charge in [-0.15, -0.1) is 0 Å². The summed E-state index contributed by atoms with van der Waals surface area (Å²) >= 11 is 0. The molecule has 5 rings (SSSR count). The number of nitrogens with zero attached hydrogens (tertiary/aromatic N) is 3. The van der Waals surface area contributed by atoms with Gasteiger partial charge in [0, 0.05) is 43.0 Å². The van der Waals surface area contributed by atoms with E-state index in [9.17, 15) is 12.8 Å². The number of sulfonamides is 1. The molecule has 226 valence electrons. The van der Waals surface area contributed by atoms with Gasteiger partial charge < -0.3 is 14.8 Å². The largest absolute Gasteiger partial charge is 0.497 e. The molecule has 1 fully saturated rings. The molecule has 2 heterocycles. The molecule has 4 aromatic rings. The lowest BCUT2D eigenvalue weighted by Gasteiger charge is -2.25. The number of aromatic nitrogens is 1. The van der Waals surface area contributed by atoms with Crippen molar-refractivity contribution in [3.63, 3.8) is 0 Å². The summed E-state index contributed by atoms with van der Waals surface area (Å²) in [6.45, 7) is 4.00. The van der Waals surface area contributed by atoms with Crippen molar-refractivity contribution in [3.05, 3.63) is 107 Å². The minimum absolute atomic E-state index is 0.0667. The maximum absolute atomic E-state index is 15.7. The van der Waals surface area contributed by atoms with Crippen LogP contribution in [0.3, 0.4) is 0 Å². The molecule has 1 aliphatic rings. The van der Waals surface area contributed by atoms with Gasteiger partial charge in [-0.1, -0.05) is 30.3 Å². The highest BCUT2D eigenvalue weighted by Crippen LogP contribution is 2.33. The van der Waals surface area contributed by atoms with Crippen LogP contribution in [0.25, 0.3) is 0 Å². The molecule has 1 aromatic heterocycles. The number of methoxy groups -OCH3 is 2. The van der Waals surface area contributed by atoms with Crippen LogP contribution in [-0.4, -0.2) is 51.7 Å². The summed E-state index contributed by atoms with van der Waals surface area (Å²) in [5.41, 5.74) is 2.82. The number of pyridine rings is 1. The molecule has 43 heavy (non-hydrogen) atoms. The Labute approximate surface area is 250 Å². The molecule has 1 N–H and O–H groups in total. The van der Waals surface area contributed by atoms with Gasteiger partial charge in [0.1, 0.15) is 33.8 Å². The Bertz CT molecular complexity index is 1670. The molecule has 8 nitrogen and oxygen atoms in total. The smallest absolute Gasteiger partial charge is 0.268 e. The minimum Gasteiger partial charge on any atom is -0.497 e. The van der Waals surface area contributed by atoms with Crippen molar-refractivity contribution in [1.29, 1.82) is 0 Å². The summed E-state index contributed by atoms with van der Waals surface area (Å²) in [6.07, 6.45) is 1.79. The summed E-state index contributed by atoms with van der Waals surface area (Å²) in [4.78, 5) is 5.82. The molecule has 1 atom stereocenters. The second-order valence-corrected chi connectivity index (χ2v) is 12.3. The summed E-state index contributed by atoms with van der Waals surface area (Å²) in [6, 6.07) is 20.1. The van der Waals surface area contributed by atoms with E-state index in [0.717, 1.165) is 42.6 Å². The van der Waals surface area contributed by atoms with Crippen LogP contribution < -0.4 is 19.1 Å². The average molecular weight is 609 g/mol. The van der Waals surface area contributed by atoms with Crippen LogP contribution in [0, 0.1) is 18.6 Å². The predicted molar refractivity (Wildman–Crippen MR) is 162 cm³/mol. The van der Waals surface area contributed by atoms with Gasteiger partial charge in [-0.25, -0.2) is 26.5 Å². The molecule has 3 aromatic carbocycles. The third kappa shape index (κ3) is 6.89. The van der Waals surface area contributed by atoms with Crippen LogP contribution >= 0.6 is 0 Å². The molecular formula is C32H34F2N4O4S. The SMILES string of the molecule is COc1ccc(CN(c2ccc(F)cn2)S(=O)(=O)c2cc(C)c(NC3CCN(Cc4ccccc4)C3)cc2F)c(OC)c1. The first-order valence-electron chi connectivity index (χ1n) is 13.9. The molecule has 0 radical (unpaired) electrons. The lowest BCUT2D eigenvalue weighted by molar-refractivity contribution is 0.328. The van der Waals surface area contributed by atoms with Gasteiger partial charge in [-0.2, -0.15) is 0 Å². The summed E-state index contributed by atoms with van der Waals surface area (Å²) in [5.74, 6) is -0.709. The zero-order chi connectivity index (χ0) is 30.6. The van der Waals surface area contributed by atoms with Crippen LogP contribution in [0.5, 0.6) is 11.5 Å². The normalized spacial score (nSPS) is 15.3. The molecular weight excluding hydrogens is 574 g/mol. The lowest BCUT2D eigenvalue weighted by Crippen LogP contribution is -2.32. The van der Waals surface area contributed by atoms with Gasteiger partial charge in [-0.05, 0) is 60.9 Å². The number of aryl methyl sites for hydroxylation is 1.